The fraction of sp³-hybridized carbons (Fsp3) is 0.263. The normalized spacial score (nSPS) is 11.1. The second-order valence-corrected chi connectivity index (χ2v) is 5.48. The van der Waals surface area contributed by atoms with Crippen molar-refractivity contribution in [2.24, 2.45) is 0 Å². The molecule has 108 valence electrons. The summed E-state index contributed by atoms with van der Waals surface area (Å²) in [5.41, 5.74) is 7.67. The van der Waals surface area contributed by atoms with Crippen molar-refractivity contribution in [3.63, 3.8) is 0 Å². The molecule has 0 spiro atoms. The van der Waals surface area contributed by atoms with Crippen LogP contribution < -0.4 is 0 Å². The van der Waals surface area contributed by atoms with E-state index in [9.17, 15) is 4.79 Å². The minimum atomic E-state index is 0.0630. The summed E-state index contributed by atoms with van der Waals surface area (Å²) in [5.74, 6) is 0.0630. The number of allylic oxidation sites excluding steroid dienone is 1. The predicted molar refractivity (Wildman–Crippen MR) is 87.7 cm³/mol. The zero-order valence-electron chi connectivity index (χ0n) is 13.3. The number of rotatable bonds is 3. The van der Waals surface area contributed by atoms with Gasteiger partial charge < -0.3 is 0 Å². The monoisotopic (exact) mass is 279 g/mol. The molecule has 0 N–H and O–H groups in total. The van der Waals surface area contributed by atoms with Gasteiger partial charge in [0.25, 0.3) is 0 Å². The Kier molecular flexibility index (Phi) is 4.37. The molecule has 0 saturated carbocycles. The maximum absolute atomic E-state index is 12.6. The van der Waals surface area contributed by atoms with Crippen molar-refractivity contribution >= 4 is 11.9 Å². The Morgan fingerprint density at radius 3 is 1.86 bits per heavy atom. The average molecular weight is 279 g/mol. The maximum Gasteiger partial charge on any atom is 0.186 e. The fourth-order valence-corrected chi connectivity index (χ4v) is 2.60. The van der Waals surface area contributed by atoms with Crippen LogP contribution in [0.2, 0.25) is 0 Å². The third-order valence-electron chi connectivity index (χ3n) is 4.38. The third-order valence-corrected chi connectivity index (χ3v) is 4.38. The summed E-state index contributed by atoms with van der Waals surface area (Å²) in [6.45, 7) is 10.3. The summed E-state index contributed by atoms with van der Waals surface area (Å²) < 4.78 is 0. The highest BCUT2D eigenvalue weighted by Gasteiger charge is 2.16. The first kappa shape index (κ1) is 15.2. The van der Waals surface area contributed by atoms with Crippen LogP contribution in [-0.4, -0.2) is 10.8 Å². The molecular formula is C19H21NO. The number of carbonyl (C=O) groups is 1. The van der Waals surface area contributed by atoms with Crippen LogP contribution in [0.25, 0.3) is 6.08 Å². The first-order valence-electron chi connectivity index (χ1n) is 7.13. The Morgan fingerprint density at radius 2 is 1.33 bits per heavy atom. The van der Waals surface area contributed by atoms with Crippen LogP contribution in [0, 0.1) is 34.6 Å². The highest BCUT2D eigenvalue weighted by atomic mass is 16.1. The first-order chi connectivity index (χ1) is 9.93. The highest BCUT2D eigenvalue weighted by molar-refractivity contribution is 6.09. The molecule has 0 atom stereocenters. The van der Waals surface area contributed by atoms with Gasteiger partial charge in [0.1, 0.15) is 0 Å². The minimum Gasteiger partial charge on any atom is -0.289 e. The summed E-state index contributed by atoms with van der Waals surface area (Å²) in [6, 6.07) is 3.77. The molecule has 0 aliphatic rings. The van der Waals surface area contributed by atoms with Crippen LogP contribution in [0.4, 0.5) is 0 Å². The number of benzene rings is 1. The number of carbonyl (C=O) groups excluding carboxylic acids is 1. The van der Waals surface area contributed by atoms with Gasteiger partial charge in [-0.15, -0.1) is 0 Å². The number of hydrogen-bond donors (Lipinski definition) is 0. The molecule has 21 heavy (non-hydrogen) atoms. The Bertz CT molecular complexity index is 683. The van der Waals surface area contributed by atoms with E-state index in [2.05, 4.69) is 25.8 Å². The zero-order valence-corrected chi connectivity index (χ0v) is 13.3. The van der Waals surface area contributed by atoms with Crippen molar-refractivity contribution in [2.75, 3.05) is 0 Å². The maximum atomic E-state index is 12.6. The lowest BCUT2D eigenvalue weighted by atomic mass is 9.87. The van der Waals surface area contributed by atoms with Gasteiger partial charge in [-0.2, -0.15) is 0 Å². The number of aromatic nitrogens is 1. The quantitative estimate of drug-likeness (QED) is 0.610. The van der Waals surface area contributed by atoms with E-state index in [0.717, 1.165) is 22.3 Å². The number of pyridine rings is 1. The molecule has 2 rings (SSSR count). The lowest BCUT2D eigenvalue weighted by molar-refractivity contribution is 0.104. The second-order valence-electron chi connectivity index (χ2n) is 5.48. The average Bonchev–Trinajstić information content (AvgIpc) is 2.50. The van der Waals surface area contributed by atoms with Crippen LogP contribution in [0.15, 0.2) is 30.6 Å². The summed E-state index contributed by atoms with van der Waals surface area (Å²) in [5, 5.41) is 0. The Hall–Kier alpha value is -2.22. The minimum absolute atomic E-state index is 0.0630. The van der Waals surface area contributed by atoms with Crippen molar-refractivity contribution in [1.82, 2.24) is 4.98 Å². The van der Waals surface area contributed by atoms with Crippen LogP contribution >= 0.6 is 0 Å². The molecule has 1 heterocycles. The Balaban J connectivity index is 2.43. The van der Waals surface area contributed by atoms with Gasteiger partial charge in [0.2, 0.25) is 0 Å². The van der Waals surface area contributed by atoms with Gasteiger partial charge in [-0.3, -0.25) is 9.78 Å². The molecule has 0 radical (unpaired) electrons. The summed E-state index contributed by atoms with van der Waals surface area (Å²) >= 11 is 0. The van der Waals surface area contributed by atoms with Crippen molar-refractivity contribution < 1.29 is 4.79 Å². The van der Waals surface area contributed by atoms with Gasteiger partial charge in [0.05, 0.1) is 0 Å². The fourth-order valence-electron chi connectivity index (χ4n) is 2.60. The van der Waals surface area contributed by atoms with Gasteiger partial charge in [-0.25, -0.2) is 0 Å². The molecule has 0 aliphatic heterocycles. The SMILES string of the molecule is Cc1c(C)c(C)c(C(=O)/C=C\c2ccncc2)c(C)c1C. The number of nitrogens with zero attached hydrogens (tertiary/aromatic N) is 1. The summed E-state index contributed by atoms with van der Waals surface area (Å²) in [4.78, 5) is 16.5. The summed E-state index contributed by atoms with van der Waals surface area (Å²) in [7, 11) is 0. The molecule has 0 saturated heterocycles. The van der Waals surface area contributed by atoms with E-state index in [0.29, 0.717) is 0 Å². The predicted octanol–water partition coefficient (Wildman–Crippen LogP) is 4.52. The zero-order chi connectivity index (χ0) is 15.6. The van der Waals surface area contributed by atoms with Crippen molar-refractivity contribution in [3.05, 3.63) is 69.5 Å². The number of hydrogen-bond acceptors (Lipinski definition) is 2. The van der Waals surface area contributed by atoms with E-state index < -0.39 is 0 Å². The van der Waals surface area contributed by atoms with E-state index in [1.165, 1.54) is 16.7 Å². The molecule has 0 fully saturated rings. The van der Waals surface area contributed by atoms with E-state index in [-0.39, 0.29) is 5.78 Å². The molecule has 0 amide bonds. The van der Waals surface area contributed by atoms with E-state index in [4.69, 9.17) is 0 Å². The molecule has 2 heteroatoms. The largest absolute Gasteiger partial charge is 0.289 e. The van der Waals surface area contributed by atoms with Crippen molar-refractivity contribution in [1.29, 1.82) is 0 Å². The Morgan fingerprint density at radius 1 is 0.857 bits per heavy atom. The van der Waals surface area contributed by atoms with Gasteiger partial charge in [0, 0.05) is 18.0 Å². The molecular weight excluding hydrogens is 258 g/mol. The molecule has 1 aromatic heterocycles. The van der Waals surface area contributed by atoms with Crippen molar-refractivity contribution in [3.8, 4) is 0 Å². The van der Waals surface area contributed by atoms with Gasteiger partial charge in [0.15, 0.2) is 5.78 Å². The van der Waals surface area contributed by atoms with Crippen molar-refractivity contribution in [2.45, 2.75) is 34.6 Å². The molecule has 2 aromatic rings. The topological polar surface area (TPSA) is 30.0 Å². The van der Waals surface area contributed by atoms with Crippen LogP contribution in [0.1, 0.15) is 43.7 Å². The van der Waals surface area contributed by atoms with E-state index >= 15 is 0 Å². The van der Waals surface area contributed by atoms with E-state index in [1.807, 2.05) is 32.1 Å². The van der Waals surface area contributed by atoms with Gasteiger partial charge >= 0.3 is 0 Å². The second kappa shape index (κ2) is 6.04. The Labute approximate surface area is 126 Å². The highest BCUT2D eigenvalue weighted by Crippen LogP contribution is 2.26. The van der Waals surface area contributed by atoms with Crippen LogP contribution in [-0.2, 0) is 0 Å². The third kappa shape index (κ3) is 2.94. The molecule has 0 aliphatic carbocycles. The molecule has 0 unspecified atom stereocenters. The number of ketones is 1. The molecule has 2 nitrogen and oxygen atoms in total. The van der Waals surface area contributed by atoms with Crippen LogP contribution in [0.3, 0.4) is 0 Å². The first-order valence-corrected chi connectivity index (χ1v) is 7.13. The molecule has 1 aromatic carbocycles. The van der Waals surface area contributed by atoms with Gasteiger partial charge in [-0.1, -0.05) is 6.08 Å². The molecule has 0 bridgehead atoms. The smallest absolute Gasteiger partial charge is 0.186 e. The summed E-state index contributed by atoms with van der Waals surface area (Å²) in [6.07, 6.45) is 6.94. The van der Waals surface area contributed by atoms with Crippen LogP contribution in [0.5, 0.6) is 0 Å². The lowest BCUT2D eigenvalue weighted by Gasteiger charge is -2.16. The standard InChI is InChI=1S/C19H21NO/c1-12-13(2)15(4)19(16(5)14(12)3)18(21)7-6-17-8-10-20-11-9-17/h6-11H,1-5H3/b7-6-. The lowest BCUT2D eigenvalue weighted by Crippen LogP contribution is -2.07. The van der Waals surface area contributed by atoms with E-state index in [1.54, 1.807) is 18.5 Å². The van der Waals surface area contributed by atoms with Gasteiger partial charge in [-0.05, 0) is 86.2 Å².